The highest BCUT2D eigenvalue weighted by Crippen LogP contribution is 2.26. The van der Waals surface area contributed by atoms with Gasteiger partial charge in [0.2, 0.25) is 5.88 Å². The summed E-state index contributed by atoms with van der Waals surface area (Å²) in [4.78, 5) is 47.1. The number of nitrogen functional groups attached to an aromatic ring is 1. The molecule has 2 aromatic heterocycles. The quantitative estimate of drug-likeness (QED) is 0.518. The summed E-state index contributed by atoms with van der Waals surface area (Å²) in [5.41, 5.74) is 5.87. The average molecular weight is 466 g/mol. The molecule has 3 heterocycles. The molecule has 34 heavy (non-hydrogen) atoms. The summed E-state index contributed by atoms with van der Waals surface area (Å²) in [6.07, 6.45) is 2.83. The maximum Gasteiger partial charge on any atom is 0.330 e. The van der Waals surface area contributed by atoms with E-state index in [0.717, 1.165) is 18.4 Å². The van der Waals surface area contributed by atoms with Gasteiger partial charge in [-0.25, -0.2) is 9.78 Å². The van der Waals surface area contributed by atoms with Gasteiger partial charge in [-0.1, -0.05) is 30.3 Å². The number of pyridine rings is 1. The molecule has 1 aliphatic rings. The fourth-order valence-corrected chi connectivity index (χ4v) is 3.98. The molecular weight excluding hydrogens is 438 g/mol. The first kappa shape index (κ1) is 23.2. The summed E-state index contributed by atoms with van der Waals surface area (Å²) in [5, 5.41) is 0. The predicted molar refractivity (Wildman–Crippen MR) is 127 cm³/mol. The van der Waals surface area contributed by atoms with Crippen molar-refractivity contribution in [2.24, 2.45) is 0 Å². The van der Waals surface area contributed by atoms with Crippen molar-refractivity contribution in [2.75, 3.05) is 30.4 Å². The van der Waals surface area contributed by atoms with E-state index in [2.05, 4.69) is 9.97 Å². The van der Waals surface area contributed by atoms with E-state index in [1.165, 1.54) is 15.7 Å². The number of carbonyl (C=O) groups is 1. The van der Waals surface area contributed by atoms with E-state index < -0.39 is 17.2 Å². The zero-order chi connectivity index (χ0) is 24.1. The molecule has 3 N–H and O–H groups in total. The lowest BCUT2D eigenvalue weighted by Gasteiger charge is -2.27. The van der Waals surface area contributed by atoms with Gasteiger partial charge in [0.1, 0.15) is 11.4 Å². The van der Waals surface area contributed by atoms with Gasteiger partial charge in [0.25, 0.3) is 11.5 Å². The molecule has 10 nitrogen and oxygen atoms in total. The van der Waals surface area contributed by atoms with Crippen LogP contribution in [-0.2, 0) is 11.3 Å². The van der Waals surface area contributed by atoms with Gasteiger partial charge in [0, 0.05) is 12.8 Å². The standard InChI is InChI=1S/C24H27N5O5/c1-2-33-22-18(11-6-12-26-22)23(31)28(15-17-10-7-13-34-17)19-20(25)29(24(32)27-21(19)30)14-16-8-4-3-5-9-16/h3-6,8-9,11-12,17H,2,7,10,13-15,25H2,1H3,(H,27,30,32)/t17-/m1/s1. The molecule has 4 rings (SSSR count). The van der Waals surface area contributed by atoms with Crippen LogP contribution in [0.2, 0.25) is 0 Å². The minimum Gasteiger partial charge on any atom is -0.477 e. The molecule has 0 radical (unpaired) electrons. The van der Waals surface area contributed by atoms with Crippen molar-refractivity contribution in [3.63, 3.8) is 0 Å². The lowest BCUT2D eigenvalue weighted by atomic mass is 10.1. The zero-order valence-electron chi connectivity index (χ0n) is 18.9. The maximum atomic E-state index is 13.7. The van der Waals surface area contributed by atoms with Gasteiger partial charge in [-0.2, -0.15) is 0 Å². The Bertz CT molecular complexity index is 1260. The molecule has 0 unspecified atom stereocenters. The minimum absolute atomic E-state index is 0.0934. The first-order valence-electron chi connectivity index (χ1n) is 11.2. The SMILES string of the molecule is CCOc1ncccc1C(=O)N(C[C@H]1CCCO1)c1c(N)n(Cc2ccccc2)c(=O)[nH]c1=O. The molecule has 0 saturated carbocycles. The average Bonchev–Trinajstić information content (AvgIpc) is 3.35. The van der Waals surface area contributed by atoms with Gasteiger partial charge in [-0.3, -0.25) is 24.0 Å². The monoisotopic (exact) mass is 465 g/mol. The molecule has 1 aliphatic heterocycles. The third-order valence-corrected chi connectivity index (χ3v) is 5.61. The highest BCUT2D eigenvalue weighted by molar-refractivity contribution is 6.08. The molecular formula is C24H27N5O5. The van der Waals surface area contributed by atoms with Crippen LogP contribution in [-0.4, -0.2) is 46.3 Å². The van der Waals surface area contributed by atoms with Gasteiger partial charge in [-0.15, -0.1) is 0 Å². The Hall–Kier alpha value is -3.92. The van der Waals surface area contributed by atoms with Gasteiger partial charge < -0.3 is 15.2 Å². The number of aromatic nitrogens is 3. The summed E-state index contributed by atoms with van der Waals surface area (Å²) in [5.74, 6) is -0.472. The molecule has 1 atom stereocenters. The number of hydrogen-bond donors (Lipinski definition) is 2. The number of aromatic amines is 1. The Kier molecular flexibility index (Phi) is 7.07. The molecule has 1 amide bonds. The largest absolute Gasteiger partial charge is 0.477 e. The van der Waals surface area contributed by atoms with E-state index in [9.17, 15) is 14.4 Å². The van der Waals surface area contributed by atoms with Crippen molar-refractivity contribution >= 4 is 17.4 Å². The van der Waals surface area contributed by atoms with Crippen molar-refractivity contribution in [1.29, 1.82) is 0 Å². The van der Waals surface area contributed by atoms with Crippen molar-refractivity contribution in [2.45, 2.75) is 32.4 Å². The molecule has 0 aliphatic carbocycles. The number of H-pyrrole nitrogens is 1. The number of nitrogens with zero attached hydrogens (tertiary/aromatic N) is 3. The van der Waals surface area contributed by atoms with Crippen LogP contribution in [0.5, 0.6) is 5.88 Å². The van der Waals surface area contributed by atoms with E-state index in [4.69, 9.17) is 15.2 Å². The van der Waals surface area contributed by atoms with Gasteiger partial charge in [0.05, 0.1) is 25.8 Å². The summed E-state index contributed by atoms with van der Waals surface area (Å²) >= 11 is 0. The Labute approximate surface area is 196 Å². The first-order valence-corrected chi connectivity index (χ1v) is 11.2. The number of nitrogens with one attached hydrogen (secondary N) is 1. The highest BCUT2D eigenvalue weighted by Gasteiger charge is 2.31. The second-order valence-corrected chi connectivity index (χ2v) is 7.90. The van der Waals surface area contributed by atoms with Crippen LogP contribution >= 0.6 is 0 Å². The third-order valence-electron chi connectivity index (χ3n) is 5.61. The van der Waals surface area contributed by atoms with Crippen LogP contribution in [0.3, 0.4) is 0 Å². The lowest BCUT2D eigenvalue weighted by molar-refractivity contribution is 0.0913. The molecule has 1 saturated heterocycles. The molecule has 10 heteroatoms. The van der Waals surface area contributed by atoms with Gasteiger partial charge in [0.15, 0.2) is 5.69 Å². The van der Waals surface area contributed by atoms with E-state index in [-0.39, 0.29) is 42.1 Å². The molecule has 1 aromatic carbocycles. The van der Waals surface area contributed by atoms with Crippen LogP contribution in [0, 0.1) is 0 Å². The zero-order valence-corrected chi connectivity index (χ0v) is 18.9. The highest BCUT2D eigenvalue weighted by atomic mass is 16.5. The van der Waals surface area contributed by atoms with Crippen LogP contribution in [0.4, 0.5) is 11.5 Å². The summed E-state index contributed by atoms with van der Waals surface area (Å²) in [7, 11) is 0. The number of carbonyl (C=O) groups excluding carboxylic acids is 1. The number of anilines is 2. The Morgan fingerprint density at radius 3 is 2.76 bits per heavy atom. The van der Waals surface area contributed by atoms with Gasteiger partial charge in [-0.05, 0) is 37.5 Å². The van der Waals surface area contributed by atoms with Crippen LogP contribution in [0.15, 0.2) is 58.3 Å². The van der Waals surface area contributed by atoms with Crippen molar-refractivity contribution in [3.05, 3.63) is 80.6 Å². The fourth-order valence-electron chi connectivity index (χ4n) is 3.98. The summed E-state index contributed by atoms with van der Waals surface area (Å²) in [6, 6.07) is 12.4. The number of benzene rings is 1. The van der Waals surface area contributed by atoms with Crippen molar-refractivity contribution in [1.82, 2.24) is 14.5 Å². The number of hydrogen-bond acceptors (Lipinski definition) is 7. The summed E-state index contributed by atoms with van der Waals surface area (Å²) in [6.45, 7) is 2.90. The predicted octanol–water partition coefficient (Wildman–Crippen LogP) is 1.79. The minimum atomic E-state index is -0.750. The third kappa shape index (κ3) is 4.86. The topological polar surface area (TPSA) is 133 Å². The molecule has 0 spiro atoms. The Morgan fingerprint density at radius 2 is 2.06 bits per heavy atom. The van der Waals surface area contributed by atoms with E-state index >= 15 is 0 Å². The first-order chi connectivity index (χ1) is 16.5. The molecule has 0 bridgehead atoms. The summed E-state index contributed by atoms with van der Waals surface area (Å²) < 4.78 is 12.5. The fraction of sp³-hybridized carbons (Fsp3) is 0.333. The van der Waals surface area contributed by atoms with E-state index in [1.54, 1.807) is 19.1 Å². The van der Waals surface area contributed by atoms with Crippen LogP contribution in [0.25, 0.3) is 0 Å². The van der Waals surface area contributed by atoms with Crippen LogP contribution < -0.4 is 26.6 Å². The van der Waals surface area contributed by atoms with E-state index in [0.29, 0.717) is 13.2 Å². The number of amides is 1. The molecule has 178 valence electrons. The Balaban J connectivity index is 1.82. The normalized spacial score (nSPS) is 15.3. The lowest BCUT2D eigenvalue weighted by Crippen LogP contribution is -2.44. The van der Waals surface area contributed by atoms with Gasteiger partial charge >= 0.3 is 5.69 Å². The second kappa shape index (κ2) is 10.3. The Morgan fingerprint density at radius 1 is 1.26 bits per heavy atom. The smallest absolute Gasteiger partial charge is 0.330 e. The molecule has 1 fully saturated rings. The molecule has 3 aromatic rings. The number of rotatable bonds is 8. The van der Waals surface area contributed by atoms with E-state index in [1.807, 2.05) is 30.3 Å². The number of ether oxygens (including phenoxy) is 2. The van der Waals surface area contributed by atoms with Crippen molar-refractivity contribution in [3.8, 4) is 5.88 Å². The van der Waals surface area contributed by atoms with Crippen molar-refractivity contribution < 1.29 is 14.3 Å². The number of nitrogens with two attached hydrogens (primary N) is 1. The second-order valence-electron chi connectivity index (χ2n) is 7.90. The maximum absolute atomic E-state index is 13.7. The van der Waals surface area contributed by atoms with Crippen LogP contribution in [0.1, 0.15) is 35.7 Å².